The van der Waals surface area contributed by atoms with Gasteiger partial charge in [-0.1, -0.05) is 66.7 Å². The van der Waals surface area contributed by atoms with Crippen LogP contribution in [0.1, 0.15) is 16.7 Å². The van der Waals surface area contributed by atoms with Crippen molar-refractivity contribution in [3.8, 4) is 11.5 Å². The second-order valence-corrected chi connectivity index (χ2v) is 5.77. The maximum absolute atomic E-state index is 5.96. The molecule has 0 N–H and O–H groups in total. The number of rotatable bonds is 3. The Kier molecular flexibility index (Phi) is 3.72. The van der Waals surface area contributed by atoms with Crippen LogP contribution in [-0.2, 0) is 0 Å². The van der Waals surface area contributed by atoms with Crippen LogP contribution in [0.15, 0.2) is 77.2 Å². The molecule has 24 heavy (non-hydrogen) atoms. The first-order chi connectivity index (χ1) is 11.8. The van der Waals surface area contributed by atoms with E-state index < -0.39 is 0 Å². The molecule has 0 aliphatic rings. The van der Waals surface area contributed by atoms with Crippen LogP contribution in [-0.4, -0.2) is 4.98 Å². The molecular weight excluding hydrogens is 294 g/mol. The first kappa shape index (κ1) is 14.5. The summed E-state index contributed by atoms with van der Waals surface area (Å²) in [7, 11) is 0. The highest BCUT2D eigenvalue weighted by Crippen LogP contribution is 2.30. The van der Waals surface area contributed by atoms with Crippen LogP contribution in [0.4, 0.5) is 0 Å². The summed E-state index contributed by atoms with van der Waals surface area (Å²) in [5.74, 6) is 0.660. The lowest BCUT2D eigenvalue weighted by Gasteiger charge is -2.06. The number of hydrogen-bond donors (Lipinski definition) is 0. The number of aryl methyl sites for hydroxylation is 1. The maximum atomic E-state index is 5.96. The Morgan fingerprint density at radius 2 is 1.58 bits per heavy atom. The van der Waals surface area contributed by atoms with Crippen molar-refractivity contribution in [2.24, 2.45) is 0 Å². The smallest absolute Gasteiger partial charge is 0.227 e. The van der Waals surface area contributed by atoms with Crippen LogP contribution >= 0.6 is 0 Å². The van der Waals surface area contributed by atoms with Crippen LogP contribution in [0.2, 0.25) is 0 Å². The fourth-order valence-corrected chi connectivity index (χ4v) is 2.82. The lowest BCUT2D eigenvalue weighted by molar-refractivity contribution is 0.619. The molecule has 116 valence electrons. The monoisotopic (exact) mass is 311 g/mol. The van der Waals surface area contributed by atoms with Gasteiger partial charge in [-0.25, -0.2) is 4.98 Å². The van der Waals surface area contributed by atoms with E-state index in [2.05, 4.69) is 48.3 Å². The summed E-state index contributed by atoms with van der Waals surface area (Å²) >= 11 is 0. The van der Waals surface area contributed by atoms with Crippen LogP contribution < -0.4 is 0 Å². The third-order valence-corrected chi connectivity index (χ3v) is 4.09. The zero-order chi connectivity index (χ0) is 16.4. The van der Waals surface area contributed by atoms with E-state index in [4.69, 9.17) is 4.42 Å². The van der Waals surface area contributed by atoms with Gasteiger partial charge in [0, 0.05) is 5.56 Å². The summed E-state index contributed by atoms with van der Waals surface area (Å²) in [4.78, 5) is 4.64. The van der Waals surface area contributed by atoms with E-state index in [-0.39, 0.29) is 0 Å². The van der Waals surface area contributed by atoms with Crippen molar-refractivity contribution in [2.45, 2.75) is 6.92 Å². The average molecular weight is 311 g/mol. The molecule has 0 fully saturated rings. The Morgan fingerprint density at radius 1 is 0.792 bits per heavy atom. The summed E-state index contributed by atoms with van der Waals surface area (Å²) in [5.41, 5.74) is 6.21. The highest BCUT2D eigenvalue weighted by Gasteiger charge is 2.12. The molecule has 1 heterocycles. The first-order valence-corrected chi connectivity index (χ1v) is 8.00. The molecule has 0 aliphatic carbocycles. The lowest BCUT2D eigenvalue weighted by Crippen LogP contribution is -1.87. The molecule has 4 rings (SSSR count). The summed E-state index contributed by atoms with van der Waals surface area (Å²) in [5, 5.41) is 0. The largest absolute Gasteiger partial charge is 0.436 e. The van der Waals surface area contributed by atoms with Crippen molar-refractivity contribution in [1.29, 1.82) is 0 Å². The van der Waals surface area contributed by atoms with Gasteiger partial charge < -0.3 is 4.42 Å². The number of aromatic nitrogens is 1. The quantitative estimate of drug-likeness (QED) is 0.435. The molecule has 2 heteroatoms. The van der Waals surface area contributed by atoms with Crippen molar-refractivity contribution in [2.75, 3.05) is 0 Å². The predicted octanol–water partition coefficient (Wildman–Crippen LogP) is 5.97. The van der Waals surface area contributed by atoms with Gasteiger partial charge >= 0.3 is 0 Å². The summed E-state index contributed by atoms with van der Waals surface area (Å²) in [6.07, 6.45) is 4.25. The SMILES string of the molecule is Cc1cccc(-c2nc3ccccc3o2)c1C=Cc1ccccc1. The summed E-state index contributed by atoms with van der Waals surface area (Å²) in [6, 6.07) is 24.3. The molecule has 3 aromatic carbocycles. The molecule has 0 atom stereocenters. The normalized spacial score (nSPS) is 11.4. The molecular formula is C22H17NO. The molecule has 0 unspecified atom stereocenters. The minimum Gasteiger partial charge on any atom is -0.436 e. The summed E-state index contributed by atoms with van der Waals surface area (Å²) < 4.78 is 5.96. The number of fused-ring (bicyclic) bond motifs is 1. The molecule has 0 radical (unpaired) electrons. The first-order valence-electron chi connectivity index (χ1n) is 8.00. The van der Waals surface area contributed by atoms with Gasteiger partial charge in [-0.15, -0.1) is 0 Å². The van der Waals surface area contributed by atoms with Crippen LogP contribution in [0.3, 0.4) is 0 Å². The molecule has 4 aromatic rings. The number of oxazole rings is 1. The highest BCUT2D eigenvalue weighted by molar-refractivity contribution is 5.83. The van der Waals surface area contributed by atoms with Crippen molar-refractivity contribution in [3.63, 3.8) is 0 Å². The van der Waals surface area contributed by atoms with Gasteiger partial charge in [0.25, 0.3) is 0 Å². The zero-order valence-corrected chi connectivity index (χ0v) is 13.4. The van der Waals surface area contributed by atoms with E-state index in [0.29, 0.717) is 5.89 Å². The average Bonchev–Trinajstić information content (AvgIpc) is 3.05. The lowest BCUT2D eigenvalue weighted by atomic mass is 10.0. The topological polar surface area (TPSA) is 26.0 Å². The standard InChI is InChI=1S/C22H17NO/c1-16-8-7-11-19(18(16)15-14-17-9-3-2-4-10-17)22-23-20-12-5-6-13-21(20)24-22/h2-15H,1H3. The Labute approximate surface area is 141 Å². The Balaban J connectivity index is 1.81. The number of benzene rings is 3. The van der Waals surface area contributed by atoms with Gasteiger partial charge in [0.2, 0.25) is 5.89 Å². The van der Waals surface area contributed by atoms with E-state index in [1.54, 1.807) is 0 Å². The number of hydrogen-bond acceptors (Lipinski definition) is 2. The van der Waals surface area contributed by atoms with E-state index in [9.17, 15) is 0 Å². The van der Waals surface area contributed by atoms with Gasteiger partial charge in [0.05, 0.1) is 0 Å². The Hall–Kier alpha value is -3.13. The van der Waals surface area contributed by atoms with E-state index in [1.807, 2.05) is 48.5 Å². The summed E-state index contributed by atoms with van der Waals surface area (Å²) in [6.45, 7) is 2.11. The second kappa shape index (κ2) is 6.17. The Bertz CT molecular complexity index is 980. The predicted molar refractivity (Wildman–Crippen MR) is 99.6 cm³/mol. The molecule has 0 spiro atoms. The van der Waals surface area contributed by atoms with Gasteiger partial charge in [-0.2, -0.15) is 0 Å². The van der Waals surface area contributed by atoms with Gasteiger partial charge in [-0.3, -0.25) is 0 Å². The molecule has 0 amide bonds. The minimum atomic E-state index is 0.660. The highest BCUT2D eigenvalue weighted by atomic mass is 16.3. The van der Waals surface area contributed by atoms with E-state index in [0.717, 1.165) is 22.2 Å². The molecule has 0 aliphatic heterocycles. The minimum absolute atomic E-state index is 0.660. The van der Waals surface area contributed by atoms with Crippen molar-refractivity contribution < 1.29 is 4.42 Å². The molecule has 0 bridgehead atoms. The fraction of sp³-hybridized carbons (Fsp3) is 0.0455. The fourth-order valence-electron chi connectivity index (χ4n) is 2.82. The number of para-hydroxylation sites is 2. The molecule has 0 saturated heterocycles. The van der Waals surface area contributed by atoms with Crippen molar-refractivity contribution in [3.05, 3.63) is 89.5 Å². The molecule has 2 nitrogen and oxygen atoms in total. The van der Waals surface area contributed by atoms with Crippen LogP contribution in [0, 0.1) is 6.92 Å². The van der Waals surface area contributed by atoms with Gasteiger partial charge in [0.15, 0.2) is 5.58 Å². The zero-order valence-electron chi connectivity index (χ0n) is 13.4. The molecule has 1 aromatic heterocycles. The Morgan fingerprint density at radius 3 is 2.42 bits per heavy atom. The van der Waals surface area contributed by atoms with Crippen molar-refractivity contribution >= 4 is 23.3 Å². The molecule has 0 saturated carbocycles. The van der Waals surface area contributed by atoms with Crippen molar-refractivity contribution in [1.82, 2.24) is 4.98 Å². The van der Waals surface area contributed by atoms with E-state index >= 15 is 0 Å². The van der Waals surface area contributed by atoms with Crippen LogP contribution in [0.5, 0.6) is 0 Å². The van der Waals surface area contributed by atoms with E-state index in [1.165, 1.54) is 11.1 Å². The second-order valence-electron chi connectivity index (χ2n) is 5.77. The third kappa shape index (κ3) is 2.74. The number of nitrogens with zero attached hydrogens (tertiary/aromatic N) is 1. The maximum Gasteiger partial charge on any atom is 0.227 e. The third-order valence-electron chi connectivity index (χ3n) is 4.09. The van der Waals surface area contributed by atoms with Gasteiger partial charge in [0.1, 0.15) is 5.52 Å². The van der Waals surface area contributed by atoms with Crippen LogP contribution in [0.25, 0.3) is 34.7 Å². The van der Waals surface area contributed by atoms with Gasteiger partial charge in [-0.05, 0) is 41.8 Å².